The third-order valence-corrected chi connectivity index (χ3v) is 1.90. The summed E-state index contributed by atoms with van der Waals surface area (Å²) in [6, 6.07) is 9.46. The molecule has 0 saturated carbocycles. The van der Waals surface area contributed by atoms with E-state index in [-0.39, 0.29) is 5.91 Å². The summed E-state index contributed by atoms with van der Waals surface area (Å²) in [5.41, 5.74) is 1.60. The van der Waals surface area contributed by atoms with Gasteiger partial charge in [-0.2, -0.15) is 0 Å². The van der Waals surface area contributed by atoms with E-state index in [4.69, 9.17) is 0 Å². The Morgan fingerprint density at radius 2 is 2.00 bits per heavy atom. The number of hydrogen-bond donors (Lipinski definition) is 1. The molecule has 0 bridgehead atoms. The van der Waals surface area contributed by atoms with Crippen molar-refractivity contribution in [1.82, 2.24) is 0 Å². The quantitative estimate of drug-likeness (QED) is 0.728. The first kappa shape index (κ1) is 10.5. The molecule has 2 nitrogen and oxygen atoms in total. The van der Waals surface area contributed by atoms with Gasteiger partial charge in [0, 0.05) is 11.3 Å². The van der Waals surface area contributed by atoms with E-state index >= 15 is 0 Å². The SMILES string of the molecule is CC/C=C(\C)C(=O)Nc1ccccc1. The molecule has 0 unspecified atom stereocenters. The Morgan fingerprint density at radius 3 is 2.57 bits per heavy atom. The maximum Gasteiger partial charge on any atom is 0.250 e. The van der Waals surface area contributed by atoms with Crippen molar-refractivity contribution in [3.63, 3.8) is 0 Å². The fourth-order valence-corrected chi connectivity index (χ4v) is 1.15. The topological polar surface area (TPSA) is 29.1 Å². The van der Waals surface area contributed by atoms with Gasteiger partial charge in [0.05, 0.1) is 0 Å². The number of nitrogens with one attached hydrogen (secondary N) is 1. The normalized spacial score (nSPS) is 11.1. The second kappa shape index (κ2) is 5.22. The van der Waals surface area contributed by atoms with Gasteiger partial charge in [-0.05, 0) is 25.5 Å². The summed E-state index contributed by atoms with van der Waals surface area (Å²) < 4.78 is 0. The van der Waals surface area contributed by atoms with Crippen LogP contribution in [0.3, 0.4) is 0 Å². The molecule has 1 aromatic carbocycles. The van der Waals surface area contributed by atoms with Gasteiger partial charge in [-0.3, -0.25) is 4.79 Å². The highest BCUT2D eigenvalue weighted by atomic mass is 16.1. The minimum absolute atomic E-state index is 0.0296. The fraction of sp³-hybridized carbons (Fsp3) is 0.250. The lowest BCUT2D eigenvalue weighted by molar-refractivity contribution is -0.112. The van der Waals surface area contributed by atoms with Crippen LogP contribution in [0.5, 0.6) is 0 Å². The van der Waals surface area contributed by atoms with Gasteiger partial charge in [0.2, 0.25) is 0 Å². The van der Waals surface area contributed by atoms with Gasteiger partial charge in [0.15, 0.2) is 0 Å². The highest BCUT2D eigenvalue weighted by Crippen LogP contribution is 2.07. The lowest BCUT2D eigenvalue weighted by Crippen LogP contribution is -2.12. The summed E-state index contributed by atoms with van der Waals surface area (Å²) in [4.78, 5) is 11.5. The van der Waals surface area contributed by atoms with Gasteiger partial charge in [0.25, 0.3) is 5.91 Å². The molecule has 1 amide bonds. The van der Waals surface area contributed by atoms with Crippen molar-refractivity contribution in [3.05, 3.63) is 42.0 Å². The lowest BCUT2D eigenvalue weighted by Gasteiger charge is -2.04. The molecule has 74 valence electrons. The van der Waals surface area contributed by atoms with Crippen molar-refractivity contribution in [1.29, 1.82) is 0 Å². The monoisotopic (exact) mass is 189 g/mol. The van der Waals surface area contributed by atoms with Gasteiger partial charge >= 0.3 is 0 Å². The molecule has 0 heterocycles. The maximum atomic E-state index is 11.5. The third kappa shape index (κ3) is 3.05. The summed E-state index contributed by atoms with van der Waals surface area (Å²) in [7, 11) is 0. The second-order valence-corrected chi connectivity index (χ2v) is 3.12. The van der Waals surface area contributed by atoms with Crippen LogP contribution in [0, 0.1) is 0 Å². The van der Waals surface area contributed by atoms with Crippen molar-refractivity contribution < 1.29 is 4.79 Å². The van der Waals surface area contributed by atoms with Crippen LogP contribution < -0.4 is 5.32 Å². The molecular weight excluding hydrogens is 174 g/mol. The van der Waals surface area contributed by atoms with Crippen molar-refractivity contribution in [2.24, 2.45) is 0 Å². The van der Waals surface area contributed by atoms with Crippen molar-refractivity contribution in [2.45, 2.75) is 20.3 Å². The summed E-state index contributed by atoms with van der Waals surface area (Å²) >= 11 is 0. The number of amides is 1. The van der Waals surface area contributed by atoms with Crippen LogP contribution in [0.2, 0.25) is 0 Å². The molecule has 1 aromatic rings. The molecule has 0 aliphatic rings. The zero-order valence-electron chi connectivity index (χ0n) is 8.58. The molecule has 0 fully saturated rings. The first-order chi connectivity index (χ1) is 6.74. The minimum atomic E-state index is -0.0296. The van der Waals surface area contributed by atoms with Crippen LogP contribution in [-0.4, -0.2) is 5.91 Å². The Kier molecular flexibility index (Phi) is 3.92. The Balaban J connectivity index is 2.62. The number of anilines is 1. The van der Waals surface area contributed by atoms with Gasteiger partial charge in [-0.15, -0.1) is 0 Å². The largest absolute Gasteiger partial charge is 0.322 e. The summed E-state index contributed by atoms with van der Waals surface area (Å²) in [6.45, 7) is 3.83. The van der Waals surface area contributed by atoms with Gasteiger partial charge in [-0.25, -0.2) is 0 Å². The second-order valence-electron chi connectivity index (χ2n) is 3.12. The molecule has 2 heteroatoms. The number of carbonyl (C=O) groups is 1. The molecule has 0 aromatic heterocycles. The molecule has 1 N–H and O–H groups in total. The zero-order chi connectivity index (χ0) is 10.4. The van der Waals surface area contributed by atoms with Crippen molar-refractivity contribution in [3.8, 4) is 0 Å². The number of benzene rings is 1. The Bertz CT molecular complexity index is 327. The van der Waals surface area contributed by atoms with Crippen LogP contribution in [0.25, 0.3) is 0 Å². The van der Waals surface area contributed by atoms with Crippen LogP contribution >= 0.6 is 0 Å². The molecule has 0 radical (unpaired) electrons. The molecule has 14 heavy (non-hydrogen) atoms. The van der Waals surface area contributed by atoms with Crippen molar-refractivity contribution in [2.75, 3.05) is 5.32 Å². The van der Waals surface area contributed by atoms with Gasteiger partial charge in [0.1, 0.15) is 0 Å². The Morgan fingerprint density at radius 1 is 1.36 bits per heavy atom. The molecule has 0 atom stereocenters. The fourth-order valence-electron chi connectivity index (χ4n) is 1.15. The molecule has 0 saturated heterocycles. The summed E-state index contributed by atoms with van der Waals surface area (Å²) in [6.07, 6.45) is 2.80. The maximum absolute atomic E-state index is 11.5. The zero-order valence-corrected chi connectivity index (χ0v) is 8.58. The van der Waals surface area contributed by atoms with Crippen LogP contribution in [-0.2, 0) is 4.79 Å². The summed E-state index contributed by atoms with van der Waals surface area (Å²) in [5.74, 6) is -0.0296. The minimum Gasteiger partial charge on any atom is -0.322 e. The Labute approximate surface area is 84.6 Å². The van der Waals surface area contributed by atoms with Gasteiger partial charge in [-0.1, -0.05) is 31.2 Å². The van der Waals surface area contributed by atoms with E-state index in [1.54, 1.807) is 0 Å². The Hall–Kier alpha value is -1.57. The smallest absolute Gasteiger partial charge is 0.250 e. The highest BCUT2D eigenvalue weighted by Gasteiger charge is 2.02. The van der Waals surface area contributed by atoms with E-state index < -0.39 is 0 Å². The number of hydrogen-bond acceptors (Lipinski definition) is 1. The predicted octanol–water partition coefficient (Wildman–Crippen LogP) is 2.98. The van der Waals surface area contributed by atoms with E-state index in [1.165, 1.54) is 0 Å². The van der Waals surface area contributed by atoms with E-state index in [0.29, 0.717) is 0 Å². The predicted molar refractivity (Wildman–Crippen MR) is 59.1 cm³/mol. The number of carbonyl (C=O) groups excluding carboxylic acids is 1. The molecular formula is C12H15NO. The van der Waals surface area contributed by atoms with Crippen LogP contribution in [0.1, 0.15) is 20.3 Å². The number of para-hydroxylation sites is 1. The van der Waals surface area contributed by atoms with E-state index in [9.17, 15) is 4.79 Å². The van der Waals surface area contributed by atoms with Crippen LogP contribution in [0.4, 0.5) is 5.69 Å². The average molecular weight is 189 g/mol. The molecule has 0 aliphatic carbocycles. The first-order valence-corrected chi connectivity index (χ1v) is 4.77. The molecule has 0 aliphatic heterocycles. The van der Waals surface area contributed by atoms with E-state index in [0.717, 1.165) is 17.7 Å². The number of rotatable bonds is 3. The molecule has 1 rings (SSSR count). The van der Waals surface area contributed by atoms with E-state index in [1.807, 2.05) is 50.3 Å². The summed E-state index contributed by atoms with van der Waals surface area (Å²) in [5, 5.41) is 2.82. The standard InChI is InChI=1S/C12H15NO/c1-3-7-10(2)12(14)13-11-8-5-4-6-9-11/h4-9H,3H2,1-2H3,(H,13,14)/b10-7+. The third-order valence-electron chi connectivity index (χ3n) is 1.90. The lowest BCUT2D eigenvalue weighted by atomic mass is 10.2. The van der Waals surface area contributed by atoms with Gasteiger partial charge < -0.3 is 5.32 Å². The van der Waals surface area contributed by atoms with E-state index in [2.05, 4.69) is 5.32 Å². The first-order valence-electron chi connectivity index (χ1n) is 4.77. The molecule has 0 spiro atoms. The average Bonchev–Trinajstić information content (AvgIpc) is 2.19. The van der Waals surface area contributed by atoms with Crippen molar-refractivity contribution >= 4 is 11.6 Å². The van der Waals surface area contributed by atoms with Crippen LogP contribution in [0.15, 0.2) is 42.0 Å². The highest BCUT2D eigenvalue weighted by molar-refractivity contribution is 6.03. The number of allylic oxidation sites excluding steroid dienone is 1.